The molecule has 4 nitrogen and oxygen atoms in total. The Kier molecular flexibility index (Phi) is 4.30. The van der Waals surface area contributed by atoms with Gasteiger partial charge in [-0.2, -0.15) is 0 Å². The van der Waals surface area contributed by atoms with Gasteiger partial charge in [-0.3, -0.25) is 4.72 Å². The molecule has 7 heteroatoms. The van der Waals surface area contributed by atoms with Crippen LogP contribution in [0.5, 0.6) is 0 Å². The first-order valence-electron chi connectivity index (χ1n) is 7.98. The number of sulfonamides is 1. The highest BCUT2D eigenvalue weighted by molar-refractivity contribution is 7.94. The molecule has 2 aromatic heterocycles. The summed E-state index contributed by atoms with van der Waals surface area (Å²) in [4.78, 5) is 5.64. The van der Waals surface area contributed by atoms with Crippen LogP contribution in [0.1, 0.15) is 10.4 Å². The van der Waals surface area contributed by atoms with Gasteiger partial charge in [0.1, 0.15) is 9.22 Å². The van der Waals surface area contributed by atoms with Crippen LogP contribution in [-0.2, 0) is 10.0 Å². The Morgan fingerprint density at radius 3 is 2.38 bits per heavy atom. The van der Waals surface area contributed by atoms with E-state index in [1.54, 1.807) is 35.6 Å². The molecule has 0 aliphatic carbocycles. The third kappa shape index (κ3) is 3.38. The van der Waals surface area contributed by atoms with Crippen molar-refractivity contribution in [2.24, 2.45) is 0 Å². The molecule has 0 radical (unpaired) electrons. The Hall–Kier alpha value is -2.22. The largest absolute Gasteiger partial charge is 0.279 e. The molecule has 4 rings (SSSR count). The number of fused-ring (bicyclic) bond motifs is 1. The van der Waals surface area contributed by atoms with Crippen molar-refractivity contribution in [2.45, 2.75) is 18.1 Å². The minimum atomic E-state index is -3.54. The molecule has 1 N–H and O–H groups in total. The Bertz CT molecular complexity index is 1190. The molecule has 0 bridgehead atoms. The van der Waals surface area contributed by atoms with Crippen molar-refractivity contribution in [1.29, 1.82) is 0 Å². The highest BCUT2D eigenvalue weighted by atomic mass is 32.2. The number of hydrogen-bond acceptors (Lipinski definition) is 5. The maximum atomic E-state index is 12.4. The quantitative estimate of drug-likeness (QED) is 0.496. The molecule has 0 fully saturated rings. The van der Waals surface area contributed by atoms with Crippen LogP contribution >= 0.6 is 22.7 Å². The SMILES string of the molecule is Cc1ccc2sc(-c3ccc(NS(=O)(=O)c4ccc(C)s4)cc3)nc2c1. The summed E-state index contributed by atoms with van der Waals surface area (Å²) < 4.78 is 28.9. The number of rotatable bonds is 4. The van der Waals surface area contributed by atoms with Crippen LogP contribution in [0.4, 0.5) is 5.69 Å². The van der Waals surface area contributed by atoms with E-state index >= 15 is 0 Å². The van der Waals surface area contributed by atoms with E-state index in [2.05, 4.69) is 34.8 Å². The maximum Gasteiger partial charge on any atom is 0.271 e. The number of thiophene rings is 1. The monoisotopic (exact) mass is 400 g/mol. The van der Waals surface area contributed by atoms with E-state index in [4.69, 9.17) is 0 Å². The number of nitrogens with one attached hydrogen (secondary N) is 1. The van der Waals surface area contributed by atoms with E-state index in [9.17, 15) is 8.42 Å². The molecule has 0 saturated heterocycles. The molecule has 132 valence electrons. The zero-order valence-electron chi connectivity index (χ0n) is 14.2. The second-order valence-electron chi connectivity index (χ2n) is 6.04. The molecule has 0 aliphatic rings. The summed E-state index contributed by atoms with van der Waals surface area (Å²) in [6.07, 6.45) is 0. The lowest BCUT2D eigenvalue weighted by molar-refractivity contribution is 0.603. The average molecular weight is 401 g/mol. The molecule has 2 heterocycles. The van der Waals surface area contributed by atoms with Crippen molar-refractivity contribution in [3.05, 3.63) is 65.0 Å². The van der Waals surface area contributed by atoms with Gasteiger partial charge in [0.15, 0.2) is 0 Å². The van der Waals surface area contributed by atoms with Crippen molar-refractivity contribution >= 4 is 48.6 Å². The normalized spacial score (nSPS) is 11.8. The van der Waals surface area contributed by atoms with Crippen LogP contribution < -0.4 is 4.72 Å². The molecule has 0 unspecified atom stereocenters. The van der Waals surface area contributed by atoms with E-state index < -0.39 is 10.0 Å². The van der Waals surface area contributed by atoms with Crippen LogP contribution in [0.3, 0.4) is 0 Å². The standard InChI is InChI=1S/C19H16N2O2S3/c1-12-3-9-17-16(11-12)20-19(25-17)14-5-7-15(8-6-14)21-26(22,23)18-10-4-13(2)24-18/h3-11,21H,1-2H3. The summed E-state index contributed by atoms with van der Waals surface area (Å²) in [6, 6.07) is 17.0. The molecule has 26 heavy (non-hydrogen) atoms. The van der Waals surface area contributed by atoms with Crippen LogP contribution in [0.15, 0.2) is 58.8 Å². The van der Waals surface area contributed by atoms with Gasteiger partial charge in [0.25, 0.3) is 10.0 Å². The molecule has 2 aromatic carbocycles. The summed E-state index contributed by atoms with van der Waals surface area (Å²) in [5.74, 6) is 0. The number of benzene rings is 2. The minimum Gasteiger partial charge on any atom is -0.279 e. The van der Waals surface area contributed by atoms with Crippen molar-refractivity contribution in [1.82, 2.24) is 4.98 Å². The van der Waals surface area contributed by atoms with E-state index in [1.165, 1.54) is 16.9 Å². The Morgan fingerprint density at radius 1 is 0.923 bits per heavy atom. The fourth-order valence-electron chi connectivity index (χ4n) is 2.60. The van der Waals surface area contributed by atoms with Crippen molar-refractivity contribution < 1.29 is 8.42 Å². The number of hydrogen-bond donors (Lipinski definition) is 1. The van der Waals surface area contributed by atoms with Gasteiger partial charge < -0.3 is 0 Å². The van der Waals surface area contributed by atoms with Gasteiger partial charge in [-0.25, -0.2) is 13.4 Å². The van der Waals surface area contributed by atoms with Gasteiger partial charge in [-0.15, -0.1) is 22.7 Å². The van der Waals surface area contributed by atoms with E-state index in [0.717, 1.165) is 25.7 Å². The van der Waals surface area contributed by atoms with Crippen LogP contribution in [0.25, 0.3) is 20.8 Å². The molecule has 0 aliphatic heterocycles. The highest BCUT2D eigenvalue weighted by Gasteiger charge is 2.16. The zero-order valence-corrected chi connectivity index (χ0v) is 16.6. The summed E-state index contributed by atoms with van der Waals surface area (Å²) >= 11 is 2.89. The first-order valence-corrected chi connectivity index (χ1v) is 11.1. The highest BCUT2D eigenvalue weighted by Crippen LogP contribution is 2.31. The fraction of sp³-hybridized carbons (Fsp3) is 0.105. The second kappa shape index (κ2) is 6.50. The van der Waals surface area contributed by atoms with Gasteiger partial charge in [0.2, 0.25) is 0 Å². The number of aryl methyl sites for hydroxylation is 2. The summed E-state index contributed by atoms with van der Waals surface area (Å²) in [5, 5.41) is 0.925. The van der Waals surface area contributed by atoms with Crippen molar-refractivity contribution in [3.63, 3.8) is 0 Å². The summed E-state index contributed by atoms with van der Waals surface area (Å²) in [6.45, 7) is 3.94. The fourth-order valence-corrected chi connectivity index (χ4v) is 5.90. The van der Waals surface area contributed by atoms with Gasteiger partial charge in [-0.1, -0.05) is 6.07 Å². The molecule has 0 atom stereocenters. The lowest BCUT2D eigenvalue weighted by Gasteiger charge is -2.06. The maximum absolute atomic E-state index is 12.4. The third-order valence-electron chi connectivity index (χ3n) is 3.91. The lowest BCUT2D eigenvalue weighted by Crippen LogP contribution is -2.11. The van der Waals surface area contributed by atoms with E-state index in [-0.39, 0.29) is 0 Å². The topological polar surface area (TPSA) is 59.1 Å². The van der Waals surface area contributed by atoms with Gasteiger partial charge >= 0.3 is 0 Å². The molecule has 0 saturated carbocycles. The Balaban J connectivity index is 1.60. The third-order valence-corrected chi connectivity index (χ3v) is 7.87. The minimum absolute atomic E-state index is 0.320. The number of nitrogens with zero attached hydrogens (tertiary/aromatic N) is 1. The van der Waals surface area contributed by atoms with Crippen LogP contribution in [0, 0.1) is 13.8 Å². The zero-order chi connectivity index (χ0) is 18.3. The van der Waals surface area contributed by atoms with Crippen molar-refractivity contribution in [2.75, 3.05) is 4.72 Å². The van der Waals surface area contributed by atoms with Crippen molar-refractivity contribution in [3.8, 4) is 10.6 Å². The molecule has 4 aromatic rings. The van der Waals surface area contributed by atoms with Gasteiger partial charge in [0, 0.05) is 16.1 Å². The molecule has 0 spiro atoms. The second-order valence-corrected chi connectivity index (χ2v) is 10.3. The van der Waals surface area contributed by atoms with Crippen LogP contribution in [0.2, 0.25) is 0 Å². The number of aromatic nitrogens is 1. The predicted octanol–water partition coefficient (Wildman–Crippen LogP) is 5.44. The van der Waals surface area contributed by atoms with Gasteiger partial charge in [-0.05, 0) is 67.9 Å². The van der Waals surface area contributed by atoms with E-state index in [0.29, 0.717) is 9.90 Å². The van der Waals surface area contributed by atoms with E-state index in [1.807, 2.05) is 19.1 Å². The smallest absolute Gasteiger partial charge is 0.271 e. The summed E-state index contributed by atoms with van der Waals surface area (Å²) in [5.41, 5.74) is 3.68. The van der Waals surface area contributed by atoms with Gasteiger partial charge in [0.05, 0.1) is 10.2 Å². The average Bonchev–Trinajstić information content (AvgIpc) is 3.21. The molecule has 0 amide bonds. The molecular formula is C19H16N2O2S3. The predicted molar refractivity (Wildman–Crippen MR) is 110 cm³/mol. The number of thiazole rings is 1. The summed E-state index contributed by atoms with van der Waals surface area (Å²) in [7, 11) is -3.54. The lowest BCUT2D eigenvalue weighted by atomic mass is 10.2. The molecular weight excluding hydrogens is 384 g/mol. The Labute approximate surface area is 160 Å². The first-order chi connectivity index (χ1) is 12.4. The number of anilines is 1. The first kappa shape index (κ1) is 17.2. The van der Waals surface area contributed by atoms with Crippen LogP contribution in [-0.4, -0.2) is 13.4 Å². The Morgan fingerprint density at radius 2 is 1.69 bits per heavy atom.